The van der Waals surface area contributed by atoms with Gasteiger partial charge in [0.15, 0.2) is 0 Å². The van der Waals surface area contributed by atoms with Crippen LogP contribution in [0.15, 0.2) is 0 Å². The molecular formula is C12H21N3. The summed E-state index contributed by atoms with van der Waals surface area (Å²) in [7, 11) is 0. The zero-order valence-electron chi connectivity index (χ0n) is 9.49. The Morgan fingerprint density at radius 1 is 1.07 bits per heavy atom. The summed E-state index contributed by atoms with van der Waals surface area (Å²) in [4.78, 5) is 4.95. The first kappa shape index (κ1) is 10.9. The molecule has 3 nitrogen and oxygen atoms in total. The van der Waals surface area contributed by atoms with Gasteiger partial charge in [-0.1, -0.05) is 6.42 Å². The molecule has 15 heavy (non-hydrogen) atoms. The summed E-state index contributed by atoms with van der Waals surface area (Å²) in [5.41, 5.74) is 0. The van der Waals surface area contributed by atoms with Crippen molar-refractivity contribution in [2.24, 2.45) is 0 Å². The van der Waals surface area contributed by atoms with E-state index in [4.69, 9.17) is 5.26 Å². The van der Waals surface area contributed by atoms with Crippen LogP contribution in [0.4, 0.5) is 0 Å². The molecule has 2 fully saturated rings. The maximum Gasteiger partial charge on any atom is 0.0866 e. The Morgan fingerprint density at radius 3 is 2.60 bits per heavy atom. The standard InChI is InChI=1S/C12H21N3/c13-6-10-14-7-4-5-12(11-14)15-8-2-1-3-9-15/h12H,1-5,7-11H2. The normalized spacial score (nSPS) is 29.9. The van der Waals surface area contributed by atoms with Gasteiger partial charge in [0.1, 0.15) is 0 Å². The van der Waals surface area contributed by atoms with Crippen LogP contribution in [0.1, 0.15) is 32.1 Å². The molecule has 0 N–H and O–H groups in total. The van der Waals surface area contributed by atoms with Gasteiger partial charge in [0.25, 0.3) is 0 Å². The van der Waals surface area contributed by atoms with E-state index < -0.39 is 0 Å². The molecule has 2 heterocycles. The van der Waals surface area contributed by atoms with Crippen molar-refractivity contribution in [3.63, 3.8) is 0 Å². The summed E-state index contributed by atoms with van der Waals surface area (Å²) < 4.78 is 0. The van der Waals surface area contributed by atoms with E-state index in [0.717, 1.165) is 19.1 Å². The molecule has 1 unspecified atom stereocenters. The summed E-state index contributed by atoms with van der Waals surface area (Å²) in [6.07, 6.45) is 6.75. The minimum absolute atomic E-state index is 0.615. The predicted octanol–water partition coefficient (Wildman–Crippen LogP) is 1.46. The van der Waals surface area contributed by atoms with Crippen molar-refractivity contribution < 1.29 is 0 Å². The number of rotatable bonds is 2. The average Bonchev–Trinajstić information content (AvgIpc) is 2.31. The zero-order valence-corrected chi connectivity index (χ0v) is 9.49. The van der Waals surface area contributed by atoms with E-state index in [1.165, 1.54) is 45.2 Å². The van der Waals surface area contributed by atoms with Crippen molar-refractivity contribution in [1.29, 1.82) is 5.26 Å². The molecule has 0 spiro atoms. The zero-order chi connectivity index (χ0) is 10.5. The van der Waals surface area contributed by atoms with Gasteiger partial charge in [0, 0.05) is 12.6 Å². The highest BCUT2D eigenvalue weighted by molar-refractivity contribution is 4.86. The van der Waals surface area contributed by atoms with E-state index in [9.17, 15) is 0 Å². The highest BCUT2D eigenvalue weighted by Gasteiger charge is 2.25. The van der Waals surface area contributed by atoms with Gasteiger partial charge in [0.05, 0.1) is 12.6 Å². The van der Waals surface area contributed by atoms with Crippen molar-refractivity contribution in [3.8, 4) is 6.07 Å². The lowest BCUT2D eigenvalue weighted by Crippen LogP contribution is -2.49. The lowest BCUT2D eigenvalue weighted by atomic mass is 10.0. The van der Waals surface area contributed by atoms with Crippen molar-refractivity contribution in [2.45, 2.75) is 38.1 Å². The van der Waals surface area contributed by atoms with Crippen molar-refractivity contribution in [2.75, 3.05) is 32.7 Å². The smallest absolute Gasteiger partial charge is 0.0866 e. The van der Waals surface area contributed by atoms with Crippen LogP contribution in [0.3, 0.4) is 0 Å². The number of piperidine rings is 2. The molecule has 0 amide bonds. The number of hydrogen-bond donors (Lipinski definition) is 0. The molecule has 0 saturated carbocycles. The Hall–Kier alpha value is -0.590. The Labute approximate surface area is 92.7 Å². The van der Waals surface area contributed by atoms with Gasteiger partial charge in [0.2, 0.25) is 0 Å². The number of hydrogen-bond acceptors (Lipinski definition) is 3. The average molecular weight is 207 g/mol. The SMILES string of the molecule is N#CCN1CCCC(N2CCCCC2)C1. The van der Waals surface area contributed by atoms with Crippen LogP contribution >= 0.6 is 0 Å². The second-order valence-corrected chi connectivity index (χ2v) is 4.79. The predicted molar refractivity (Wildman–Crippen MR) is 60.5 cm³/mol. The maximum atomic E-state index is 8.71. The van der Waals surface area contributed by atoms with Gasteiger partial charge in [-0.2, -0.15) is 5.26 Å². The molecule has 2 rings (SSSR count). The first-order valence-electron chi connectivity index (χ1n) is 6.23. The fourth-order valence-electron chi connectivity index (χ4n) is 2.86. The molecule has 0 aromatic carbocycles. The van der Waals surface area contributed by atoms with E-state index in [0.29, 0.717) is 6.54 Å². The van der Waals surface area contributed by atoms with Crippen LogP contribution < -0.4 is 0 Å². The van der Waals surface area contributed by atoms with Crippen molar-refractivity contribution >= 4 is 0 Å². The van der Waals surface area contributed by atoms with Gasteiger partial charge < -0.3 is 0 Å². The van der Waals surface area contributed by atoms with Crippen LogP contribution in [-0.4, -0.2) is 48.6 Å². The monoisotopic (exact) mass is 207 g/mol. The minimum atomic E-state index is 0.615. The minimum Gasteiger partial charge on any atom is -0.299 e. The summed E-state index contributed by atoms with van der Waals surface area (Å²) >= 11 is 0. The third kappa shape index (κ3) is 2.93. The van der Waals surface area contributed by atoms with Gasteiger partial charge >= 0.3 is 0 Å². The molecule has 0 aliphatic carbocycles. The van der Waals surface area contributed by atoms with Crippen molar-refractivity contribution in [3.05, 3.63) is 0 Å². The van der Waals surface area contributed by atoms with Gasteiger partial charge in [-0.3, -0.25) is 9.80 Å². The Kier molecular flexibility index (Phi) is 3.99. The first-order valence-corrected chi connectivity index (χ1v) is 6.23. The molecule has 0 aromatic heterocycles. The van der Waals surface area contributed by atoms with E-state index in [1.54, 1.807) is 0 Å². The van der Waals surface area contributed by atoms with Crippen LogP contribution in [0, 0.1) is 11.3 Å². The third-order valence-electron chi connectivity index (χ3n) is 3.68. The molecule has 0 radical (unpaired) electrons. The highest BCUT2D eigenvalue weighted by Crippen LogP contribution is 2.19. The quantitative estimate of drug-likeness (QED) is 0.642. The Bertz CT molecular complexity index is 228. The van der Waals surface area contributed by atoms with Crippen LogP contribution in [0.2, 0.25) is 0 Å². The lowest BCUT2D eigenvalue weighted by Gasteiger charge is -2.40. The summed E-state index contributed by atoms with van der Waals surface area (Å²) in [6.45, 7) is 5.42. The Balaban J connectivity index is 1.83. The van der Waals surface area contributed by atoms with Gasteiger partial charge in [-0.15, -0.1) is 0 Å². The topological polar surface area (TPSA) is 30.3 Å². The van der Waals surface area contributed by atoms with E-state index in [2.05, 4.69) is 15.9 Å². The fourth-order valence-corrected chi connectivity index (χ4v) is 2.86. The molecular weight excluding hydrogens is 186 g/mol. The maximum absolute atomic E-state index is 8.71. The van der Waals surface area contributed by atoms with E-state index in [-0.39, 0.29) is 0 Å². The van der Waals surface area contributed by atoms with Crippen LogP contribution in [0.25, 0.3) is 0 Å². The van der Waals surface area contributed by atoms with E-state index >= 15 is 0 Å². The number of nitrogens with zero attached hydrogens (tertiary/aromatic N) is 3. The van der Waals surface area contributed by atoms with Crippen LogP contribution in [-0.2, 0) is 0 Å². The number of likely N-dealkylation sites (tertiary alicyclic amines) is 2. The molecule has 2 saturated heterocycles. The van der Waals surface area contributed by atoms with Crippen molar-refractivity contribution in [1.82, 2.24) is 9.80 Å². The first-order chi connectivity index (χ1) is 7.40. The molecule has 84 valence electrons. The Morgan fingerprint density at radius 2 is 1.87 bits per heavy atom. The molecule has 0 aromatic rings. The molecule has 3 heteroatoms. The molecule has 1 atom stereocenters. The number of nitriles is 1. The van der Waals surface area contributed by atoms with E-state index in [1.807, 2.05) is 0 Å². The van der Waals surface area contributed by atoms with Crippen LogP contribution in [0.5, 0.6) is 0 Å². The summed E-state index contributed by atoms with van der Waals surface area (Å²) in [5, 5.41) is 8.71. The molecule has 2 aliphatic heterocycles. The summed E-state index contributed by atoms with van der Waals surface area (Å²) in [6, 6.07) is 3.00. The lowest BCUT2D eigenvalue weighted by molar-refractivity contribution is 0.0890. The second-order valence-electron chi connectivity index (χ2n) is 4.79. The highest BCUT2D eigenvalue weighted by atomic mass is 15.2. The second kappa shape index (κ2) is 5.48. The summed E-state index contributed by atoms with van der Waals surface area (Å²) in [5.74, 6) is 0. The van der Waals surface area contributed by atoms with Gasteiger partial charge in [-0.05, 0) is 45.3 Å². The third-order valence-corrected chi connectivity index (χ3v) is 3.68. The molecule has 0 bridgehead atoms. The van der Waals surface area contributed by atoms with Gasteiger partial charge in [-0.25, -0.2) is 0 Å². The fraction of sp³-hybridized carbons (Fsp3) is 0.917. The largest absolute Gasteiger partial charge is 0.299 e. The molecule has 2 aliphatic rings.